The van der Waals surface area contributed by atoms with Gasteiger partial charge in [-0.25, -0.2) is 0 Å². The summed E-state index contributed by atoms with van der Waals surface area (Å²) in [6.07, 6.45) is 2.99. The molecule has 2 heterocycles. The van der Waals surface area contributed by atoms with Gasteiger partial charge in [-0.1, -0.05) is 0 Å². The average Bonchev–Trinajstić information content (AvgIpc) is 2.84. The quantitative estimate of drug-likeness (QED) is 0.760. The Kier molecular flexibility index (Phi) is 5.50. The van der Waals surface area contributed by atoms with Crippen LogP contribution in [0.5, 0.6) is 0 Å². The van der Waals surface area contributed by atoms with Crippen molar-refractivity contribution < 1.29 is 19.0 Å². The Morgan fingerprint density at radius 1 is 1.58 bits per heavy atom. The van der Waals surface area contributed by atoms with E-state index in [0.29, 0.717) is 24.2 Å². The summed E-state index contributed by atoms with van der Waals surface area (Å²) in [5.74, 6) is 0.307. The number of ether oxygens (including phenoxy) is 3. The third-order valence-electron chi connectivity index (χ3n) is 3.62. The SMILES string of the molecule is CCOC(=O)C(N)CSC1CCOC2(CCOC2)C1. The molecule has 2 aliphatic rings. The Balaban J connectivity index is 1.75. The van der Waals surface area contributed by atoms with Crippen LogP contribution in [-0.4, -0.2) is 55.0 Å². The molecule has 0 amide bonds. The standard InChI is InChI=1S/C13H23NO4S/c1-2-17-12(15)11(14)8-19-10-3-5-18-13(7-10)4-6-16-9-13/h10-11H,2-9,14H2,1H3. The van der Waals surface area contributed by atoms with E-state index in [-0.39, 0.29) is 11.6 Å². The topological polar surface area (TPSA) is 70.8 Å². The highest BCUT2D eigenvalue weighted by molar-refractivity contribution is 8.00. The van der Waals surface area contributed by atoms with Crippen molar-refractivity contribution in [2.45, 2.75) is 43.1 Å². The van der Waals surface area contributed by atoms with Crippen LogP contribution in [0.3, 0.4) is 0 Å². The van der Waals surface area contributed by atoms with E-state index in [1.807, 2.05) is 0 Å². The van der Waals surface area contributed by atoms with E-state index in [0.717, 1.165) is 32.5 Å². The first-order valence-electron chi connectivity index (χ1n) is 6.91. The molecule has 0 aromatic heterocycles. The second-order valence-electron chi connectivity index (χ2n) is 5.14. The highest BCUT2D eigenvalue weighted by Gasteiger charge is 2.41. The van der Waals surface area contributed by atoms with Crippen molar-refractivity contribution in [3.05, 3.63) is 0 Å². The van der Waals surface area contributed by atoms with Gasteiger partial charge in [-0.15, -0.1) is 0 Å². The molecule has 0 saturated carbocycles. The van der Waals surface area contributed by atoms with Crippen LogP contribution in [0.25, 0.3) is 0 Å². The van der Waals surface area contributed by atoms with E-state index in [9.17, 15) is 4.79 Å². The summed E-state index contributed by atoms with van der Waals surface area (Å²) in [6, 6.07) is -0.524. The van der Waals surface area contributed by atoms with Gasteiger partial charge in [0.1, 0.15) is 6.04 Å². The van der Waals surface area contributed by atoms with Crippen molar-refractivity contribution >= 4 is 17.7 Å². The van der Waals surface area contributed by atoms with Crippen molar-refractivity contribution in [2.75, 3.05) is 32.2 Å². The maximum absolute atomic E-state index is 11.5. The first-order chi connectivity index (χ1) is 9.15. The Hall–Kier alpha value is -0.300. The molecule has 1 spiro atoms. The van der Waals surface area contributed by atoms with Crippen LogP contribution in [0.4, 0.5) is 0 Å². The molecule has 5 nitrogen and oxygen atoms in total. The van der Waals surface area contributed by atoms with Crippen LogP contribution in [0.2, 0.25) is 0 Å². The van der Waals surface area contributed by atoms with Crippen LogP contribution in [0.15, 0.2) is 0 Å². The lowest BCUT2D eigenvalue weighted by atomic mass is 9.93. The molecule has 19 heavy (non-hydrogen) atoms. The van der Waals surface area contributed by atoms with Gasteiger partial charge < -0.3 is 19.9 Å². The minimum absolute atomic E-state index is 0.0794. The normalized spacial score (nSPS) is 32.4. The van der Waals surface area contributed by atoms with Crippen molar-refractivity contribution in [1.82, 2.24) is 0 Å². The number of nitrogens with two attached hydrogens (primary N) is 1. The van der Waals surface area contributed by atoms with Crippen LogP contribution in [-0.2, 0) is 19.0 Å². The zero-order valence-electron chi connectivity index (χ0n) is 11.4. The third kappa shape index (κ3) is 4.08. The Bertz CT molecular complexity index is 307. The van der Waals surface area contributed by atoms with E-state index in [1.54, 1.807) is 18.7 Å². The summed E-state index contributed by atoms with van der Waals surface area (Å²) < 4.78 is 16.3. The molecule has 2 N–H and O–H groups in total. The predicted molar refractivity (Wildman–Crippen MR) is 74.2 cm³/mol. The fraction of sp³-hybridized carbons (Fsp3) is 0.923. The van der Waals surface area contributed by atoms with Gasteiger partial charge in [0.15, 0.2) is 0 Å². The zero-order chi connectivity index (χ0) is 13.7. The number of hydrogen-bond acceptors (Lipinski definition) is 6. The molecule has 0 aromatic rings. The highest BCUT2D eigenvalue weighted by atomic mass is 32.2. The summed E-state index contributed by atoms with van der Waals surface area (Å²) in [5.41, 5.74) is 5.73. The van der Waals surface area contributed by atoms with Crippen LogP contribution < -0.4 is 5.73 Å². The maximum atomic E-state index is 11.5. The Morgan fingerprint density at radius 2 is 2.42 bits per heavy atom. The number of carbonyl (C=O) groups excluding carboxylic acids is 1. The van der Waals surface area contributed by atoms with Gasteiger partial charge in [-0.3, -0.25) is 4.79 Å². The number of rotatable bonds is 5. The fourth-order valence-electron chi connectivity index (χ4n) is 2.55. The van der Waals surface area contributed by atoms with Gasteiger partial charge in [-0.2, -0.15) is 11.8 Å². The largest absolute Gasteiger partial charge is 0.465 e. The van der Waals surface area contributed by atoms with E-state index >= 15 is 0 Å². The lowest BCUT2D eigenvalue weighted by Crippen LogP contribution is -2.42. The molecular weight excluding hydrogens is 266 g/mol. The summed E-state index contributed by atoms with van der Waals surface area (Å²) >= 11 is 1.76. The number of hydrogen-bond donors (Lipinski definition) is 1. The molecule has 2 fully saturated rings. The lowest BCUT2D eigenvalue weighted by Gasteiger charge is -2.37. The van der Waals surface area contributed by atoms with Gasteiger partial charge in [0.2, 0.25) is 0 Å². The van der Waals surface area contributed by atoms with Gasteiger partial charge in [0.05, 0.1) is 18.8 Å². The van der Waals surface area contributed by atoms with Crippen molar-refractivity contribution in [2.24, 2.45) is 5.73 Å². The van der Waals surface area contributed by atoms with Crippen LogP contribution in [0, 0.1) is 0 Å². The maximum Gasteiger partial charge on any atom is 0.323 e. The second-order valence-corrected chi connectivity index (χ2v) is 6.47. The van der Waals surface area contributed by atoms with Crippen molar-refractivity contribution in [3.8, 4) is 0 Å². The molecule has 2 saturated heterocycles. The minimum atomic E-state index is -0.524. The molecule has 110 valence electrons. The molecule has 2 rings (SSSR count). The summed E-state index contributed by atoms with van der Waals surface area (Å²) in [6.45, 7) is 4.44. The van der Waals surface area contributed by atoms with Crippen LogP contribution in [0.1, 0.15) is 26.2 Å². The first kappa shape index (κ1) is 15.1. The van der Waals surface area contributed by atoms with Crippen LogP contribution >= 0.6 is 11.8 Å². The number of thioether (sulfide) groups is 1. The molecule has 0 aromatic carbocycles. The molecule has 0 aliphatic carbocycles. The lowest BCUT2D eigenvalue weighted by molar-refractivity contribution is -0.144. The van der Waals surface area contributed by atoms with Gasteiger partial charge in [0.25, 0.3) is 0 Å². The van der Waals surface area contributed by atoms with Crippen molar-refractivity contribution in [3.63, 3.8) is 0 Å². The summed E-state index contributed by atoms with van der Waals surface area (Å²) in [4.78, 5) is 11.5. The van der Waals surface area contributed by atoms with Gasteiger partial charge >= 0.3 is 5.97 Å². The number of carbonyl (C=O) groups is 1. The average molecular weight is 289 g/mol. The molecule has 0 radical (unpaired) electrons. The van der Waals surface area contributed by atoms with E-state index in [4.69, 9.17) is 19.9 Å². The second kappa shape index (κ2) is 6.92. The zero-order valence-corrected chi connectivity index (χ0v) is 12.2. The summed E-state index contributed by atoms with van der Waals surface area (Å²) in [5, 5.41) is 0.496. The van der Waals surface area contributed by atoms with Gasteiger partial charge in [-0.05, 0) is 19.8 Å². The minimum Gasteiger partial charge on any atom is -0.465 e. The smallest absolute Gasteiger partial charge is 0.323 e. The molecular formula is C13H23NO4S. The molecule has 3 unspecified atom stereocenters. The predicted octanol–water partition coefficient (Wildman–Crippen LogP) is 0.948. The van der Waals surface area contributed by atoms with Crippen molar-refractivity contribution in [1.29, 1.82) is 0 Å². The summed E-state index contributed by atoms with van der Waals surface area (Å²) in [7, 11) is 0. The molecule has 3 atom stereocenters. The number of esters is 1. The molecule has 0 bridgehead atoms. The third-order valence-corrected chi connectivity index (χ3v) is 5.04. The molecule has 6 heteroatoms. The highest BCUT2D eigenvalue weighted by Crippen LogP contribution is 2.37. The Labute approximate surface area is 118 Å². The monoisotopic (exact) mass is 289 g/mol. The van der Waals surface area contributed by atoms with E-state index in [1.165, 1.54) is 0 Å². The fourth-order valence-corrected chi connectivity index (χ4v) is 3.85. The molecule has 2 aliphatic heterocycles. The van der Waals surface area contributed by atoms with E-state index in [2.05, 4.69) is 0 Å². The Morgan fingerprint density at radius 3 is 3.11 bits per heavy atom. The first-order valence-corrected chi connectivity index (χ1v) is 7.95. The van der Waals surface area contributed by atoms with E-state index < -0.39 is 6.04 Å². The van der Waals surface area contributed by atoms with Gasteiger partial charge in [0, 0.05) is 30.6 Å².